The number of hydrogen-bond acceptors (Lipinski definition) is 4. The van der Waals surface area contributed by atoms with Crippen LogP contribution in [0.25, 0.3) is 10.1 Å². The van der Waals surface area contributed by atoms with Crippen LogP contribution in [0.2, 0.25) is 0 Å². The molecular weight excluding hydrogens is 228 g/mol. The van der Waals surface area contributed by atoms with Crippen LogP contribution in [0.1, 0.15) is 17.3 Å². The first-order valence-electron chi connectivity index (χ1n) is 4.51. The number of aromatic carboxylic acids is 1. The Bertz CT molecular complexity index is 570. The van der Waals surface area contributed by atoms with E-state index in [9.17, 15) is 9.59 Å². The summed E-state index contributed by atoms with van der Waals surface area (Å²) in [6.45, 7) is 1.28. The standard InChI is InChI=1S/C11H8O4S/c1-6(12)15-9-4-7(11(13)14)5-10-8(9)2-3-16-10/h2-5H,1H3,(H,13,14). The first kappa shape index (κ1) is 10.6. The second kappa shape index (κ2) is 3.94. The highest BCUT2D eigenvalue weighted by atomic mass is 32.1. The van der Waals surface area contributed by atoms with Crippen molar-refractivity contribution in [1.29, 1.82) is 0 Å². The third-order valence-electron chi connectivity index (χ3n) is 2.03. The van der Waals surface area contributed by atoms with Crippen LogP contribution in [0.5, 0.6) is 5.75 Å². The molecule has 0 aliphatic rings. The monoisotopic (exact) mass is 236 g/mol. The highest BCUT2D eigenvalue weighted by Gasteiger charge is 2.12. The molecule has 16 heavy (non-hydrogen) atoms. The zero-order chi connectivity index (χ0) is 11.7. The Hall–Kier alpha value is -1.88. The van der Waals surface area contributed by atoms with Crippen LogP contribution < -0.4 is 4.74 Å². The molecule has 1 aromatic heterocycles. The molecule has 0 spiro atoms. The molecule has 2 rings (SSSR count). The number of benzene rings is 1. The van der Waals surface area contributed by atoms with Crippen LogP contribution in [0, 0.1) is 0 Å². The number of rotatable bonds is 2. The summed E-state index contributed by atoms with van der Waals surface area (Å²) in [5, 5.41) is 11.5. The van der Waals surface area contributed by atoms with Crippen molar-refractivity contribution in [3.05, 3.63) is 29.1 Å². The fourth-order valence-corrected chi connectivity index (χ4v) is 2.24. The van der Waals surface area contributed by atoms with Crippen molar-refractivity contribution in [3.8, 4) is 5.75 Å². The van der Waals surface area contributed by atoms with Crippen LogP contribution in [0.4, 0.5) is 0 Å². The summed E-state index contributed by atoms with van der Waals surface area (Å²) in [6.07, 6.45) is 0. The molecule has 1 heterocycles. The van der Waals surface area contributed by atoms with Gasteiger partial charge in [-0.25, -0.2) is 4.79 Å². The summed E-state index contributed by atoms with van der Waals surface area (Å²) >= 11 is 1.41. The van der Waals surface area contributed by atoms with Crippen molar-refractivity contribution in [2.75, 3.05) is 0 Å². The molecule has 0 fully saturated rings. The summed E-state index contributed by atoms with van der Waals surface area (Å²) in [4.78, 5) is 21.8. The van der Waals surface area contributed by atoms with Crippen molar-refractivity contribution in [3.63, 3.8) is 0 Å². The molecule has 82 valence electrons. The Labute approximate surface area is 95.1 Å². The van der Waals surface area contributed by atoms with Gasteiger partial charge in [-0.15, -0.1) is 11.3 Å². The molecule has 5 heteroatoms. The Balaban J connectivity index is 2.63. The minimum atomic E-state index is -1.04. The third kappa shape index (κ3) is 1.90. The number of esters is 1. The minimum absolute atomic E-state index is 0.117. The van der Waals surface area contributed by atoms with E-state index in [4.69, 9.17) is 9.84 Å². The molecule has 1 N–H and O–H groups in total. The zero-order valence-electron chi connectivity index (χ0n) is 8.39. The third-order valence-corrected chi connectivity index (χ3v) is 2.90. The van der Waals surface area contributed by atoms with Crippen molar-refractivity contribution in [2.24, 2.45) is 0 Å². The molecule has 0 unspecified atom stereocenters. The lowest BCUT2D eigenvalue weighted by molar-refractivity contribution is -0.131. The predicted molar refractivity (Wildman–Crippen MR) is 60.1 cm³/mol. The second-order valence-corrected chi connectivity index (χ2v) is 4.15. The van der Waals surface area contributed by atoms with Crippen LogP contribution in [0.15, 0.2) is 23.6 Å². The molecule has 0 amide bonds. The molecule has 0 aliphatic carbocycles. The van der Waals surface area contributed by atoms with Crippen molar-refractivity contribution in [2.45, 2.75) is 6.92 Å². The van der Waals surface area contributed by atoms with Gasteiger partial charge in [0.05, 0.1) is 5.56 Å². The van der Waals surface area contributed by atoms with E-state index in [-0.39, 0.29) is 5.56 Å². The van der Waals surface area contributed by atoms with Gasteiger partial charge >= 0.3 is 11.9 Å². The largest absolute Gasteiger partial charge is 0.478 e. The number of carbonyl (C=O) groups is 2. The quantitative estimate of drug-likeness (QED) is 0.642. The minimum Gasteiger partial charge on any atom is -0.478 e. The highest BCUT2D eigenvalue weighted by Crippen LogP contribution is 2.31. The SMILES string of the molecule is CC(=O)Oc1cc(C(=O)O)cc2sccc12. The van der Waals surface area contributed by atoms with Gasteiger partial charge in [0, 0.05) is 17.0 Å². The van der Waals surface area contributed by atoms with Crippen molar-refractivity contribution < 1.29 is 19.4 Å². The fraction of sp³-hybridized carbons (Fsp3) is 0.0909. The Morgan fingerprint density at radius 3 is 2.75 bits per heavy atom. The maximum absolute atomic E-state index is 10.9. The maximum atomic E-state index is 10.9. The number of ether oxygens (including phenoxy) is 1. The van der Waals surface area contributed by atoms with Gasteiger partial charge in [0.2, 0.25) is 0 Å². The fourth-order valence-electron chi connectivity index (χ4n) is 1.40. The van der Waals surface area contributed by atoms with E-state index in [0.717, 1.165) is 10.1 Å². The molecule has 4 nitrogen and oxygen atoms in total. The maximum Gasteiger partial charge on any atom is 0.335 e. The van der Waals surface area contributed by atoms with Gasteiger partial charge in [0.1, 0.15) is 5.75 Å². The zero-order valence-corrected chi connectivity index (χ0v) is 9.21. The Morgan fingerprint density at radius 2 is 2.12 bits per heavy atom. The van der Waals surface area contributed by atoms with Gasteiger partial charge in [-0.05, 0) is 23.6 Å². The van der Waals surface area contributed by atoms with Crippen LogP contribution in [-0.2, 0) is 4.79 Å². The van der Waals surface area contributed by atoms with E-state index in [1.165, 1.54) is 24.3 Å². The lowest BCUT2D eigenvalue weighted by Crippen LogP contribution is -2.03. The summed E-state index contributed by atoms with van der Waals surface area (Å²) in [6, 6.07) is 4.72. The first-order chi connectivity index (χ1) is 7.58. The van der Waals surface area contributed by atoms with E-state index in [1.54, 1.807) is 12.1 Å². The van der Waals surface area contributed by atoms with Gasteiger partial charge in [-0.2, -0.15) is 0 Å². The molecule has 0 aliphatic heterocycles. The molecule has 0 saturated carbocycles. The lowest BCUT2D eigenvalue weighted by Gasteiger charge is -2.04. The number of fused-ring (bicyclic) bond motifs is 1. The molecule has 0 radical (unpaired) electrons. The molecule has 0 bridgehead atoms. The summed E-state index contributed by atoms with van der Waals surface area (Å²) < 4.78 is 5.77. The van der Waals surface area contributed by atoms with Gasteiger partial charge in [-0.3, -0.25) is 4.79 Å². The Kier molecular flexibility index (Phi) is 2.62. The first-order valence-corrected chi connectivity index (χ1v) is 5.39. The molecule has 1 aromatic carbocycles. The van der Waals surface area contributed by atoms with Crippen LogP contribution in [-0.4, -0.2) is 17.0 Å². The lowest BCUT2D eigenvalue weighted by atomic mass is 10.1. The number of carbonyl (C=O) groups excluding carboxylic acids is 1. The molecular formula is C11H8O4S. The van der Waals surface area contributed by atoms with Crippen molar-refractivity contribution in [1.82, 2.24) is 0 Å². The van der Waals surface area contributed by atoms with Gasteiger partial charge in [0.25, 0.3) is 0 Å². The topological polar surface area (TPSA) is 63.6 Å². The van der Waals surface area contributed by atoms with E-state index in [1.807, 2.05) is 5.38 Å². The van der Waals surface area contributed by atoms with E-state index >= 15 is 0 Å². The predicted octanol–water partition coefficient (Wildman–Crippen LogP) is 2.52. The van der Waals surface area contributed by atoms with Gasteiger partial charge < -0.3 is 9.84 Å². The number of thiophene rings is 1. The molecule has 2 aromatic rings. The van der Waals surface area contributed by atoms with Crippen LogP contribution >= 0.6 is 11.3 Å². The molecule has 0 saturated heterocycles. The number of hydrogen-bond donors (Lipinski definition) is 1. The van der Waals surface area contributed by atoms with E-state index in [2.05, 4.69) is 0 Å². The van der Waals surface area contributed by atoms with Gasteiger partial charge in [0.15, 0.2) is 0 Å². The average molecular weight is 236 g/mol. The summed E-state index contributed by atoms with van der Waals surface area (Å²) in [5.74, 6) is -1.21. The second-order valence-electron chi connectivity index (χ2n) is 3.21. The smallest absolute Gasteiger partial charge is 0.335 e. The number of carboxylic acids is 1. The highest BCUT2D eigenvalue weighted by molar-refractivity contribution is 7.17. The van der Waals surface area contributed by atoms with Gasteiger partial charge in [-0.1, -0.05) is 0 Å². The van der Waals surface area contributed by atoms with Crippen molar-refractivity contribution >= 4 is 33.4 Å². The van der Waals surface area contributed by atoms with Crippen LogP contribution in [0.3, 0.4) is 0 Å². The van der Waals surface area contributed by atoms with E-state index < -0.39 is 11.9 Å². The Morgan fingerprint density at radius 1 is 1.38 bits per heavy atom. The number of carboxylic acid groups (broad SMARTS) is 1. The summed E-state index contributed by atoms with van der Waals surface area (Å²) in [7, 11) is 0. The molecule has 0 atom stereocenters. The average Bonchev–Trinajstić information content (AvgIpc) is 2.64. The van der Waals surface area contributed by atoms with E-state index in [0.29, 0.717) is 5.75 Å². The summed E-state index contributed by atoms with van der Waals surface area (Å²) in [5.41, 5.74) is 0.117. The normalized spacial score (nSPS) is 10.3.